The molecule has 0 saturated heterocycles. The van der Waals surface area contributed by atoms with E-state index in [-0.39, 0.29) is 18.9 Å². The summed E-state index contributed by atoms with van der Waals surface area (Å²) >= 11 is 10.0. The summed E-state index contributed by atoms with van der Waals surface area (Å²) in [6.45, 7) is -0.0770. The first-order valence-electron chi connectivity index (χ1n) is 3.74. The van der Waals surface area contributed by atoms with Gasteiger partial charge in [-0.1, -0.05) is 23.2 Å². The van der Waals surface area contributed by atoms with Gasteiger partial charge >= 0.3 is 12.2 Å². The van der Waals surface area contributed by atoms with Crippen LogP contribution in [0.5, 0.6) is 0 Å². The van der Waals surface area contributed by atoms with E-state index in [4.69, 9.17) is 23.2 Å². The Morgan fingerprint density at radius 3 is 2.13 bits per heavy atom. The Morgan fingerprint density at radius 1 is 1.13 bits per heavy atom. The lowest BCUT2D eigenvalue weighted by atomic mass is 10.4. The van der Waals surface area contributed by atoms with Crippen LogP contribution in [-0.4, -0.2) is 26.1 Å². The number of halogens is 5. The van der Waals surface area contributed by atoms with Crippen molar-refractivity contribution in [1.82, 2.24) is 15.0 Å². The lowest BCUT2D eigenvalue weighted by Crippen LogP contribution is -2.15. The predicted molar refractivity (Wildman–Crippen MR) is 48.4 cm³/mol. The second-order valence-corrected chi connectivity index (χ2v) is 3.88. The Labute approximate surface area is 92.8 Å². The zero-order valence-corrected chi connectivity index (χ0v) is 8.66. The van der Waals surface area contributed by atoms with Gasteiger partial charge < -0.3 is 5.32 Å². The first-order chi connectivity index (χ1) is 6.87. The molecule has 0 spiro atoms. The van der Waals surface area contributed by atoms with Crippen LogP contribution in [0.3, 0.4) is 0 Å². The molecular weight excluding hydrogens is 256 g/mol. The number of hydrogen-bond donors (Lipinski definition) is 1. The Morgan fingerprint density at radius 2 is 1.67 bits per heavy atom. The molecule has 0 unspecified atom stereocenters. The van der Waals surface area contributed by atoms with Crippen molar-refractivity contribution < 1.29 is 13.2 Å². The van der Waals surface area contributed by atoms with Crippen molar-refractivity contribution in [1.29, 1.82) is 0 Å². The average Bonchev–Trinajstić information content (AvgIpc) is 1.99. The first kappa shape index (κ1) is 12.3. The third-order valence-electron chi connectivity index (χ3n) is 1.27. The SMILES string of the molecule is Fc1nc(F)nc(NCCC(F)(Cl)Cl)n1. The average molecular weight is 261 g/mol. The molecule has 0 aliphatic rings. The zero-order valence-electron chi connectivity index (χ0n) is 7.15. The minimum atomic E-state index is -2.41. The molecule has 0 atom stereocenters. The van der Waals surface area contributed by atoms with Gasteiger partial charge in [-0.05, 0) is 0 Å². The maximum Gasteiger partial charge on any atom is 0.315 e. The molecule has 9 heteroatoms. The summed E-state index contributed by atoms with van der Waals surface area (Å²) in [7, 11) is 0. The zero-order chi connectivity index (χ0) is 11.5. The van der Waals surface area contributed by atoms with Crippen LogP contribution in [0.15, 0.2) is 0 Å². The molecule has 0 aromatic carbocycles. The molecule has 1 rings (SSSR count). The quantitative estimate of drug-likeness (QED) is 0.843. The molecule has 0 radical (unpaired) electrons. The third kappa shape index (κ3) is 4.98. The van der Waals surface area contributed by atoms with E-state index in [0.29, 0.717) is 0 Å². The highest BCUT2D eigenvalue weighted by Crippen LogP contribution is 2.26. The fraction of sp³-hybridized carbons (Fsp3) is 0.500. The van der Waals surface area contributed by atoms with E-state index in [1.807, 2.05) is 0 Å². The van der Waals surface area contributed by atoms with Crippen LogP contribution in [0.1, 0.15) is 6.42 Å². The maximum atomic E-state index is 12.5. The normalized spacial score (nSPS) is 11.5. The summed E-state index contributed by atoms with van der Waals surface area (Å²) in [5, 5.41) is 2.33. The van der Waals surface area contributed by atoms with Gasteiger partial charge in [0.2, 0.25) is 5.95 Å². The van der Waals surface area contributed by atoms with Crippen LogP contribution in [-0.2, 0) is 0 Å². The van der Waals surface area contributed by atoms with Gasteiger partial charge in [-0.15, -0.1) is 0 Å². The van der Waals surface area contributed by atoms with Crippen LogP contribution in [0.25, 0.3) is 0 Å². The number of anilines is 1. The maximum absolute atomic E-state index is 12.5. The minimum absolute atomic E-state index is 0.0770. The van der Waals surface area contributed by atoms with E-state index in [9.17, 15) is 13.2 Å². The van der Waals surface area contributed by atoms with Crippen LogP contribution in [0.2, 0.25) is 0 Å². The van der Waals surface area contributed by atoms with Gasteiger partial charge in [0.1, 0.15) is 0 Å². The Hall–Kier alpha value is -0.820. The van der Waals surface area contributed by atoms with Gasteiger partial charge in [0.05, 0.1) is 0 Å². The van der Waals surface area contributed by atoms with Crippen LogP contribution >= 0.6 is 23.2 Å². The molecule has 0 amide bonds. The van der Waals surface area contributed by atoms with Crippen molar-refractivity contribution in [2.75, 3.05) is 11.9 Å². The summed E-state index contributed by atoms with van der Waals surface area (Å²) in [4.78, 5) is 8.88. The summed E-state index contributed by atoms with van der Waals surface area (Å²) in [5.74, 6) is -0.349. The molecule has 84 valence electrons. The summed E-state index contributed by atoms with van der Waals surface area (Å²) in [6, 6.07) is 0. The Balaban J connectivity index is 2.51. The molecule has 0 aliphatic carbocycles. The highest BCUT2D eigenvalue weighted by atomic mass is 35.5. The fourth-order valence-electron chi connectivity index (χ4n) is 0.721. The van der Waals surface area contributed by atoms with Gasteiger partial charge in [0.15, 0.2) is 0 Å². The van der Waals surface area contributed by atoms with Crippen molar-refractivity contribution in [2.24, 2.45) is 0 Å². The first-order valence-corrected chi connectivity index (χ1v) is 4.50. The van der Waals surface area contributed by atoms with Crippen molar-refractivity contribution in [3.8, 4) is 0 Å². The minimum Gasteiger partial charge on any atom is -0.354 e. The number of nitrogens with one attached hydrogen (secondary N) is 1. The fourth-order valence-corrected chi connectivity index (χ4v) is 0.910. The van der Waals surface area contributed by atoms with E-state index >= 15 is 0 Å². The topological polar surface area (TPSA) is 50.7 Å². The summed E-state index contributed by atoms with van der Waals surface area (Å²) < 4.78 is 35.0. The highest BCUT2D eigenvalue weighted by molar-refractivity contribution is 6.47. The smallest absolute Gasteiger partial charge is 0.315 e. The number of nitrogens with zero attached hydrogens (tertiary/aromatic N) is 3. The largest absolute Gasteiger partial charge is 0.354 e. The second kappa shape index (κ2) is 4.80. The molecule has 0 aliphatic heterocycles. The monoisotopic (exact) mass is 260 g/mol. The molecule has 1 aromatic heterocycles. The van der Waals surface area contributed by atoms with Gasteiger partial charge in [0.25, 0.3) is 4.59 Å². The molecule has 0 fully saturated rings. The predicted octanol–water partition coefficient (Wildman–Crippen LogP) is 2.05. The van der Waals surface area contributed by atoms with Gasteiger partial charge in [-0.25, -0.2) is 4.39 Å². The lowest BCUT2D eigenvalue weighted by Gasteiger charge is -2.09. The van der Waals surface area contributed by atoms with Crippen LogP contribution in [0, 0.1) is 12.2 Å². The van der Waals surface area contributed by atoms with E-state index in [1.165, 1.54) is 0 Å². The van der Waals surface area contributed by atoms with Gasteiger partial charge in [0, 0.05) is 13.0 Å². The van der Waals surface area contributed by atoms with Gasteiger partial charge in [-0.3, -0.25) is 0 Å². The molecule has 15 heavy (non-hydrogen) atoms. The van der Waals surface area contributed by atoms with E-state index < -0.39 is 16.7 Å². The third-order valence-corrected chi connectivity index (χ3v) is 1.65. The second-order valence-electron chi connectivity index (χ2n) is 2.49. The number of alkyl halides is 3. The van der Waals surface area contributed by atoms with Crippen LogP contribution < -0.4 is 5.32 Å². The van der Waals surface area contributed by atoms with Gasteiger partial charge in [-0.2, -0.15) is 23.7 Å². The Kier molecular flexibility index (Phi) is 3.92. The lowest BCUT2D eigenvalue weighted by molar-refractivity contribution is 0.377. The van der Waals surface area contributed by atoms with Crippen molar-refractivity contribution in [3.05, 3.63) is 12.2 Å². The Bertz CT molecular complexity index is 323. The van der Waals surface area contributed by atoms with E-state index in [2.05, 4.69) is 20.3 Å². The molecule has 1 aromatic rings. The standard InChI is InChI=1S/C6H5Cl2F3N4/c7-6(8,11)1-2-12-5-14-3(9)13-4(10)15-5/h1-2H2,(H,12,13,14,15). The van der Waals surface area contributed by atoms with Crippen molar-refractivity contribution >= 4 is 29.2 Å². The number of hydrogen-bond acceptors (Lipinski definition) is 4. The van der Waals surface area contributed by atoms with E-state index in [1.54, 1.807) is 0 Å². The van der Waals surface area contributed by atoms with Crippen LogP contribution in [0.4, 0.5) is 19.1 Å². The summed E-state index contributed by atoms with van der Waals surface area (Å²) in [6.07, 6.45) is -2.83. The van der Waals surface area contributed by atoms with Crippen molar-refractivity contribution in [2.45, 2.75) is 11.0 Å². The number of rotatable bonds is 4. The van der Waals surface area contributed by atoms with Crippen molar-refractivity contribution in [3.63, 3.8) is 0 Å². The molecule has 0 bridgehead atoms. The molecular formula is C6H5Cl2F3N4. The molecule has 1 N–H and O–H groups in total. The molecule has 1 heterocycles. The highest BCUT2D eigenvalue weighted by Gasteiger charge is 2.21. The molecule has 0 saturated carbocycles. The van der Waals surface area contributed by atoms with E-state index in [0.717, 1.165) is 0 Å². The summed E-state index contributed by atoms with van der Waals surface area (Å²) in [5.41, 5.74) is 0. The number of aromatic nitrogens is 3. The molecule has 4 nitrogen and oxygen atoms in total.